The number of thioether (sulfide) groups is 1. The van der Waals surface area contributed by atoms with Gasteiger partial charge in [-0.3, -0.25) is 4.79 Å². The number of carbonyl (C=O) groups is 1. The molecule has 0 radical (unpaired) electrons. The van der Waals surface area contributed by atoms with Crippen LogP contribution in [0.4, 0.5) is 0 Å². The Morgan fingerprint density at radius 1 is 1.15 bits per heavy atom. The Balaban J connectivity index is 1.59. The summed E-state index contributed by atoms with van der Waals surface area (Å²) in [6.07, 6.45) is 0. The predicted molar refractivity (Wildman–Crippen MR) is 101 cm³/mol. The number of hydrogen-bond acceptors (Lipinski definition) is 6. The van der Waals surface area contributed by atoms with Crippen LogP contribution in [0.25, 0.3) is 0 Å². The number of carbonyl (C=O) groups excluding carboxylic acids is 1. The van der Waals surface area contributed by atoms with Crippen LogP contribution in [0.2, 0.25) is 0 Å². The molecular formula is C20H20N2O3S. The molecule has 1 aromatic heterocycles. The highest BCUT2D eigenvalue weighted by atomic mass is 32.2. The van der Waals surface area contributed by atoms with Crippen LogP contribution < -0.4 is 4.74 Å². The number of ether oxygens (including phenoxy) is 1. The molecule has 6 heteroatoms. The normalized spacial score (nSPS) is 12.0. The first kappa shape index (κ1) is 18.2. The summed E-state index contributed by atoms with van der Waals surface area (Å²) < 4.78 is 11.4. The molecule has 0 saturated heterocycles. The zero-order valence-corrected chi connectivity index (χ0v) is 15.7. The number of hydrogen-bond donors (Lipinski definition) is 0. The van der Waals surface area contributed by atoms with E-state index in [9.17, 15) is 4.79 Å². The Labute approximate surface area is 156 Å². The Morgan fingerprint density at radius 2 is 1.92 bits per heavy atom. The van der Waals surface area contributed by atoms with E-state index < -0.39 is 0 Å². The second kappa shape index (κ2) is 8.19. The van der Waals surface area contributed by atoms with Crippen molar-refractivity contribution >= 4 is 17.5 Å². The highest BCUT2D eigenvalue weighted by Gasteiger charge is 2.19. The molecule has 26 heavy (non-hydrogen) atoms. The molecule has 0 fully saturated rings. The molecule has 0 N–H and O–H groups in total. The zero-order chi connectivity index (χ0) is 18.5. The van der Waals surface area contributed by atoms with Crippen LogP contribution in [-0.2, 0) is 6.61 Å². The summed E-state index contributed by atoms with van der Waals surface area (Å²) in [4.78, 5) is 12.4. The van der Waals surface area contributed by atoms with Crippen molar-refractivity contribution in [2.45, 2.75) is 37.9 Å². The van der Waals surface area contributed by atoms with Crippen LogP contribution in [0.3, 0.4) is 0 Å². The van der Waals surface area contributed by atoms with Gasteiger partial charge in [0.15, 0.2) is 12.4 Å². The minimum Gasteiger partial charge on any atom is -0.484 e. The van der Waals surface area contributed by atoms with E-state index in [1.165, 1.54) is 11.8 Å². The minimum atomic E-state index is -0.314. The lowest BCUT2D eigenvalue weighted by Gasteiger charge is -2.08. The molecule has 2 aromatic carbocycles. The fourth-order valence-electron chi connectivity index (χ4n) is 2.39. The predicted octanol–water partition coefficient (Wildman–Crippen LogP) is 4.63. The van der Waals surface area contributed by atoms with E-state index in [2.05, 4.69) is 10.2 Å². The summed E-state index contributed by atoms with van der Waals surface area (Å²) in [5, 5.41) is 8.04. The highest BCUT2D eigenvalue weighted by molar-refractivity contribution is 8.00. The summed E-state index contributed by atoms with van der Waals surface area (Å²) in [6, 6.07) is 15.2. The Bertz CT molecular complexity index is 893. The molecule has 134 valence electrons. The van der Waals surface area contributed by atoms with Crippen LogP contribution >= 0.6 is 11.8 Å². The minimum absolute atomic E-state index is 0.0296. The smallest absolute Gasteiger partial charge is 0.277 e. The molecule has 1 atom stereocenters. The molecule has 0 aliphatic rings. The third kappa shape index (κ3) is 4.52. The van der Waals surface area contributed by atoms with Crippen molar-refractivity contribution < 1.29 is 13.9 Å². The molecule has 0 spiro atoms. The SMILES string of the molecule is Cc1ccc(C)c(OCc2nnc(SC(C)C(=O)c3ccccc3)o2)c1. The quantitative estimate of drug-likeness (QED) is 0.447. The van der Waals surface area contributed by atoms with Crippen LogP contribution in [0, 0.1) is 13.8 Å². The summed E-state index contributed by atoms with van der Waals surface area (Å²) >= 11 is 1.25. The van der Waals surface area contributed by atoms with Gasteiger partial charge in [0.2, 0.25) is 0 Å². The number of aryl methyl sites for hydroxylation is 2. The lowest BCUT2D eigenvalue weighted by atomic mass is 10.1. The average Bonchev–Trinajstić information content (AvgIpc) is 3.10. The largest absolute Gasteiger partial charge is 0.484 e. The average molecular weight is 368 g/mol. The maximum Gasteiger partial charge on any atom is 0.277 e. The summed E-state index contributed by atoms with van der Waals surface area (Å²) in [5.74, 6) is 1.21. The number of benzene rings is 2. The Kier molecular flexibility index (Phi) is 5.73. The molecule has 0 saturated carbocycles. The molecular weight excluding hydrogens is 348 g/mol. The monoisotopic (exact) mass is 368 g/mol. The second-order valence-corrected chi connectivity index (χ2v) is 7.30. The first-order valence-electron chi connectivity index (χ1n) is 8.31. The van der Waals surface area contributed by atoms with Gasteiger partial charge in [-0.25, -0.2) is 0 Å². The summed E-state index contributed by atoms with van der Waals surface area (Å²) in [6.45, 7) is 6.02. The Hall–Kier alpha value is -2.60. The van der Waals surface area contributed by atoms with Gasteiger partial charge in [-0.05, 0) is 38.0 Å². The van der Waals surface area contributed by atoms with Gasteiger partial charge in [-0.1, -0.05) is 54.2 Å². The van der Waals surface area contributed by atoms with Gasteiger partial charge in [0, 0.05) is 5.56 Å². The van der Waals surface area contributed by atoms with Crippen LogP contribution in [0.5, 0.6) is 5.75 Å². The van der Waals surface area contributed by atoms with Crippen molar-refractivity contribution in [2.75, 3.05) is 0 Å². The maximum absolute atomic E-state index is 12.4. The van der Waals surface area contributed by atoms with E-state index in [0.29, 0.717) is 16.7 Å². The number of rotatable bonds is 7. The maximum atomic E-state index is 12.4. The van der Waals surface area contributed by atoms with Crippen molar-refractivity contribution in [1.82, 2.24) is 10.2 Å². The van der Waals surface area contributed by atoms with E-state index in [1.807, 2.05) is 57.2 Å². The molecule has 1 unspecified atom stereocenters. The summed E-state index contributed by atoms with van der Waals surface area (Å²) in [5.41, 5.74) is 2.85. The van der Waals surface area contributed by atoms with Crippen molar-refractivity contribution in [3.8, 4) is 5.75 Å². The van der Waals surface area contributed by atoms with E-state index in [-0.39, 0.29) is 17.6 Å². The van der Waals surface area contributed by atoms with E-state index in [0.717, 1.165) is 16.9 Å². The van der Waals surface area contributed by atoms with Crippen LogP contribution in [-0.4, -0.2) is 21.2 Å². The number of aromatic nitrogens is 2. The van der Waals surface area contributed by atoms with E-state index >= 15 is 0 Å². The van der Waals surface area contributed by atoms with Crippen molar-refractivity contribution in [1.29, 1.82) is 0 Å². The fourth-order valence-corrected chi connectivity index (χ4v) is 3.17. The third-order valence-corrected chi connectivity index (χ3v) is 4.78. The third-order valence-electron chi connectivity index (χ3n) is 3.85. The molecule has 3 rings (SSSR count). The number of Topliss-reactive ketones (excluding diaryl/α,β-unsaturated/α-hetero) is 1. The molecule has 1 heterocycles. The number of nitrogens with zero attached hydrogens (tertiary/aromatic N) is 2. The van der Waals surface area contributed by atoms with Gasteiger partial charge in [0.25, 0.3) is 11.1 Å². The molecule has 0 aliphatic heterocycles. The van der Waals surface area contributed by atoms with Gasteiger partial charge >= 0.3 is 0 Å². The van der Waals surface area contributed by atoms with Gasteiger partial charge < -0.3 is 9.15 Å². The first-order valence-corrected chi connectivity index (χ1v) is 9.19. The summed E-state index contributed by atoms with van der Waals surface area (Å²) in [7, 11) is 0. The Morgan fingerprint density at radius 3 is 2.69 bits per heavy atom. The molecule has 0 amide bonds. The van der Waals surface area contributed by atoms with Gasteiger partial charge in [-0.15, -0.1) is 10.2 Å². The van der Waals surface area contributed by atoms with Crippen molar-refractivity contribution in [3.05, 3.63) is 71.1 Å². The fraction of sp³-hybridized carbons (Fsp3) is 0.250. The second-order valence-electron chi connectivity index (χ2n) is 6.01. The van der Waals surface area contributed by atoms with Crippen molar-refractivity contribution in [2.24, 2.45) is 0 Å². The molecule has 5 nitrogen and oxygen atoms in total. The molecule has 0 aliphatic carbocycles. The molecule has 0 bridgehead atoms. The topological polar surface area (TPSA) is 65.2 Å². The van der Waals surface area contributed by atoms with E-state index in [1.54, 1.807) is 12.1 Å². The molecule has 3 aromatic rings. The number of ketones is 1. The van der Waals surface area contributed by atoms with Crippen LogP contribution in [0.1, 0.15) is 34.3 Å². The first-order chi connectivity index (χ1) is 12.5. The lowest BCUT2D eigenvalue weighted by Crippen LogP contribution is -2.13. The van der Waals surface area contributed by atoms with Gasteiger partial charge in [-0.2, -0.15) is 0 Å². The highest BCUT2D eigenvalue weighted by Crippen LogP contribution is 2.25. The van der Waals surface area contributed by atoms with Crippen LogP contribution in [0.15, 0.2) is 58.2 Å². The van der Waals surface area contributed by atoms with Gasteiger partial charge in [0.05, 0.1) is 5.25 Å². The van der Waals surface area contributed by atoms with Gasteiger partial charge in [0.1, 0.15) is 5.75 Å². The standard InChI is InChI=1S/C20H20N2O3S/c1-13-9-10-14(2)17(11-13)24-12-18-21-22-20(25-18)26-15(3)19(23)16-7-5-4-6-8-16/h4-11,15H,12H2,1-3H3. The zero-order valence-electron chi connectivity index (χ0n) is 14.9. The van der Waals surface area contributed by atoms with E-state index in [4.69, 9.17) is 9.15 Å². The van der Waals surface area contributed by atoms with Crippen molar-refractivity contribution in [3.63, 3.8) is 0 Å². The lowest BCUT2D eigenvalue weighted by molar-refractivity contribution is 0.0993.